The van der Waals surface area contributed by atoms with Gasteiger partial charge in [-0.25, -0.2) is 9.78 Å². The van der Waals surface area contributed by atoms with E-state index in [-0.39, 0.29) is 17.9 Å². The summed E-state index contributed by atoms with van der Waals surface area (Å²) >= 11 is 6.09. The van der Waals surface area contributed by atoms with Gasteiger partial charge >= 0.3 is 18.3 Å². The molecule has 13 heteroatoms. The Morgan fingerprint density at radius 1 is 1.05 bits per heavy atom. The molecular weight excluding hydrogens is 566 g/mol. The number of halogens is 7. The SMILES string of the molecule is O=C(O[C@H](COc1ccc2ccc(C(F)(F)F)cc2n1)CN1CCC2(CC1)Cc1cc(Cl)ccc1O2)C(F)(F)F. The fraction of sp³-hybridized carbons (Fsp3) is 0.407. The minimum atomic E-state index is -5.20. The number of fused-ring (bicyclic) bond motifs is 2. The normalized spacial score (nSPS) is 17.9. The summed E-state index contributed by atoms with van der Waals surface area (Å²) in [4.78, 5) is 17.5. The number of carbonyl (C=O) groups is 1. The number of ether oxygens (including phenoxy) is 3. The zero-order chi connectivity index (χ0) is 28.7. The second-order valence-electron chi connectivity index (χ2n) is 9.91. The number of hydrogen-bond donors (Lipinski definition) is 0. The lowest BCUT2D eigenvalue weighted by atomic mass is 9.87. The van der Waals surface area contributed by atoms with E-state index >= 15 is 0 Å². The van der Waals surface area contributed by atoms with Gasteiger partial charge in [0.05, 0.1) is 11.1 Å². The number of benzene rings is 2. The first-order valence-corrected chi connectivity index (χ1v) is 12.8. The minimum absolute atomic E-state index is 0.00339. The molecule has 1 aromatic heterocycles. The Kier molecular flexibility index (Phi) is 7.51. The smallest absolute Gasteiger partial charge is 0.487 e. The van der Waals surface area contributed by atoms with E-state index in [0.717, 1.165) is 23.4 Å². The predicted octanol–water partition coefficient (Wildman–Crippen LogP) is 6.23. The number of hydrogen-bond acceptors (Lipinski definition) is 6. The molecule has 2 aromatic carbocycles. The average molecular weight is 589 g/mol. The summed E-state index contributed by atoms with van der Waals surface area (Å²) in [6.45, 7) is 0.399. The van der Waals surface area contributed by atoms with Crippen molar-refractivity contribution in [2.45, 2.75) is 43.3 Å². The van der Waals surface area contributed by atoms with E-state index < -0.39 is 42.2 Å². The van der Waals surface area contributed by atoms with Gasteiger partial charge in [0.1, 0.15) is 24.1 Å². The van der Waals surface area contributed by atoms with Crippen molar-refractivity contribution in [3.63, 3.8) is 0 Å². The van der Waals surface area contributed by atoms with E-state index in [2.05, 4.69) is 4.98 Å². The average Bonchev–Trinajstić information content (AvgIpc) is 3.23. The van der Waals surface area contributed by atoms with Crippen molar-refractivity contribution in [3.05, 3.63) is 64.7 Å². The van der Waals surface area contributed by atoms with Gasteiger partial charge in [-0.05, 0) is 42.0 Å². The second-order valence-corrected chi connectivity index (χ2v) is 10.3. The highest BCUT2D eigenvalue weighted by atomic mass is 35.5. The number of pyridine rings is 1. The Bertz CT molecular complexity index is 1410. The number of nitrogens with zero attached hydrogens (tertiary/aromatic N) is 2. The Morgan fingerprint density at radius 3 is 2.48 bits per heavy atom. The molecule has 0 aliphatic carbocycles. The molecule has 6 nitrogen and oxygen atoms in total. The van der Waals surface area contributed by atoms with Gasteiger partial charge in [-0.3, -0.25) is 4.90 Å². The van der Waals surface area contributed by atoms with E-state index in [1.165, 1.54) is 18.2 Å². The monoisotopic (exact) mass is 588 g/mol. The Hall–Kier alpha value is -3.25. The van der Waals surface area contributed by atoms with Crippen LogP contribution in [0.5, 0.6) is 11.6 Å². The number of rotatable bonds is 6. The highest BCUT2D eigenvalue weighted by molar-refractivity contribution is 6.30. The highest BCUT2D eigenvalue weighted by Gasteiger charge is 2.44. The quantitative estimate of drug-likeness (QED) is 0.251. The molecule has 2 aliphatic heterocycles. The molecule has 1 saturated heterocycles. The maximum absolute atomic E-state index is 13.1. The van der Waals surface area contributed by atoms with Crippen LogP contribution < -0.4 is 9.47 Å². The van der Waals surface area contributed by atoms with Crippen molar-refractivity contribution in [2.75, 3.05) is 26.2 Å². The first-order valence-electron chi connectivity index (χ1n) is 12.4. The van der Waals surface area contributed by atoms with Gasteiger partial charge in [0.2, 0.25) is 5.88 Å². The zero-order valence-electron chi connectivity index (χ0n) is 20.8. The third-order valence-corrected chi connectivity index (χ3v) is 7.24. The standard InChI is InChI=1S/C27H23ClF6N2O4/c28-19-4-5-22-17(11-19)13-25(40-22)7-9-36(10-8-25)14-20(39-24(37)27(32,33)34)15-38-23-6-2-16-1-3-18(26(29,30)31)12-21(16)35-23/h1-6,11-12,20H,7-10,13-15H2/t20-/m0/s1. The van der Waals surface area contributed by atoms with Gasteiger partial charge in [-0.2, -0.15) is 26.3 Å². The van der Waals surface area contributed by atoms with Crippen LogP contribution in [0.15, 0.2) is 48.5 Å². The summed E-state index contributed by atoms with van der Waals surface area (Å²) < 4.78 is 94.5. The summed E-state index contributed by atoms with van der Waals surface area (Å²) in [6.07, 6.45) is -9.25. The number of alkyl halides is 6. The number of carbonyl (C=O) groups excluding carboxylic acids is 1. The lowest BCUT2D eigenvalue weighted by Crippen LogP contribution is -2.50. The van der Waals surface area contributed by atoms with E-state index in [1.54, 1.807) is 6.07 Å². The Balaban J connectivity index is 1.24. The summed E-state index contributed by atoms with van der Waals surface area (Å²) in [5, 5.41) is 1.02. The molecule has 1 spiro atoms. The summed E-state index contributed by atoms with van der Waals surface area (Å²) in [7, 11) is 0. The molecule has 40 heavy (non-hydrogen) atoms. The van der Waals surface area contributed by atoms with Crippen LogP contribution in [0.3, 0.4) is 0 Å². The zero-order valence-corrected chi connectivity index (χ0v) is 21.6. The van der Waals surface area contributed by atoms with Crippen LogP contribution in [0.1, 0.15) is 24.0 Å². The van der Waals surface area contributed by atoms with E-state index in [9.17, 15) is 31.1 Å². The van der Waals surface area contributed by atoms with E-state index in [1.807, 2.05) is 17.0 Å². The number of esters is 1. The van der Waals surface area contributed by atoms with Crippen molar-refractivity contribution < 1.29 is 45.3 Å². The van der Waals surface area contributed by atoms with Crippen LogP contribution in [-0.4, -0.2) is 60.0 Å². The van der Waals surface area contributed by atoms with Crippen molar-refractivity contribution in [1.82, 2.24) is 9.88 Å². The molecule has 0 bridgehead atoms. The van der Waals surface area contributed by atoms with Gasteiger partial charge in [-0.15, -0.1) is 0 Å². The van der Waals surface area contributed by atoms with Gasteiger partial charge in [0, 0.05) is 55.4 Å². The predicted molar refractivity (Wildman–Crippen MR) is 132 cm³/mol. The largest absolute Gasteiger partial charge is 0.490 e. The molecular formula is C27H23ClF6N2O4. The van der Waals surface area contributed by atoms with Crippen LogP contribution in [0.25, 0.3) is 10.9 Å². The van der Waals surface area contributed by atoms with Gasteiger partial charge < -0.3 is 14.2 Å². The molecule has 0 amide bonds. The highest BCUT2D eigenvalue weighted by Crippen LogP contribution is 2.42. The molecule has 0 unspecified atom stereocenters. The molecule has 2 aliphatic rings. The molecule has 214 valence electrons. The lowest BCUT2D eigenvalue weighted by molar-refractivity contribution is -0.207. The van der Waals surface area contributed by atoms with E-state index in [0.29, 0.717) is 42.8 Å². The Labute approximate surface area is 229 Å². The summed E-state index contributed by atoms with van der Waals surface area (Å²) in [6, 6.07) is 11.3. The number of piperidine rings is 1. The van der Waals surface area contributed by atoms with Gasteiger partial charge in [0.15, 0.2) is 0 Å². The molecule has 0 N–H and O–H groups in total. The van der Waals surface area contributed by atoms with Gasteiger partial charge in [-0.1, -0.05) is 17.7 Å². The first kappa shape index (κ1) is 28.3. The van der Waals surface area contributed by atoms with Crippen molar-refractivity contribution in [1.29, 1.82) is 0 Å². The van der Waals surface area contributed by atoms with Gasteiger partial charge in [0.25, 0.3) is 0 Å². The fourth-order valence-electron chi connectivity index (χ4n) is 4.99. The maximum Gasteiger partial charge on any atom is 0.490 e. The fourth-order valence-corrected chi connectivity index (χ4v) is 5.18. The molecule has 1 atom stereocenters. The molecule has 1 fully saturated rings. The van der Waals surface area contributed by atoms with Crippen LogP contribution in [0, 0.1) is 0 Å². The summed E-state index contributed by atoms with van der Waals surface area (Å²) in [5.41, 5.74) is -0.350. The van der Waals surface area contributed by atoms with Crippen molar-refractivity contribution in [3.8, 4) is 11.6 Å². The van der Waals surface area contributed by atoms with Crippen molar-refractivity contribution in [2.24, 2.45) is 0 Å². The minimum Gasteiger partial charge on any atom is -0.487 e. The third-order valence-electron chi connectivity index (χ3n) is 7.01. The van der Waals surface area contributed by atoms with E-state index in [4.69, 9.17) is 25.8 Å². The topological polar surface area (TPSA) is 60.9 Å². The molecule has 5 rings (SSSR count). The van der Waals surface area contributed by atoms with Crippen LogP contribution in [0.4, 0.5) is 26.3 Å². The third kappa shape index (κ3) is 6.38. The van der Waals surface area contributed by atoms with Crippen LogP contribution in [0.2, 0.25) is 5.02 Å². The molecule has 3 aromatic rings. The number of aromatic nitrogens is 1. The van der Waals surface area contributed by atoms with Crippen LogP contribution >= 0.6 is 11.6 Å². The molecule has 0 saturated carbocycles. The second kappa shape index (κ2) is 10.6. The molecule has 3 heterocycles. The first-order chi connectivity index (χ1) is 18.8. The Morgan fingerprint density at radius 2 is 1.77 bits per heavy atom. The molecule has 0 radical (unpaired) electrons. The summed E-state index contributed by atoms with van der Waals surface area (Å²) in [5.74, 6) is -1.72. The lowest BCUT2D eigenvalue weighted by Gasteiger charge is -2.39. The van der Waals surface area contributed by atoms with Crippen molar-refractivity contribution >= 4 is 28.5 Å². The van der Waals surface area contributed by atoms with Crippen LogP contribution in [-0.2, 0) is 22.1 Å². The number of likely N-dealkylation sites (tertiary alicyclic amines) is 1. The maximum atomic E-state index is 13.1.